The molecule has 5 nitrogen and oxygen atoms in total. The highest BCUT2D eigenvalue weighted by Gasteiger charge is 2.16. The third-order valence-corrected chi connectivity index (χ3v) is 2.44. The van der Waals surface area contributed by atoms with Crippen molar-refractivity contribution in [2.75, 3.05) is 0 Å². The Morgan fingerprint density at radius 1 is 1.06 bits per heavy atom. The number of nitrogens with zero attached hydrogens (tertiary/aromatic N) is 1. The summed E-state index contributed by atoms with van der Waals surface area (Å²) in [6.45, 7) is 0. The maximum Gasteiger partial charge on any atom is 0.343 e. The molecule has 0 aliphatic heterocycles. The van der Waals surface area contributed by atoms with E-state index in [1.807, 2.05) is 0 Å². The molecular weight excluding hydrogens is 234 g/mol. The molecule has 0 saturated carbocycles. The van der Waals surface area contributed by atoms with Gasteiger partial charge in [-0.2, -0.15) is 0 Å². The van der Waals surface area contributed by atoms with Gasteiger partial charge in [-0.25, -0.2) is 9.59 Å². The number of aliphatic carboxylic acids is 2. The van der Waals surface area contributed by atoms with Crippen molar-refractivity contribution in [3.05, 3.63) is 47.7 Å². The lowest BCUT2D eigenvalue weighted by Gasteiger charge is -2.02. The monoisotopic (exact) mass is 243 g/mol. The molecular formula is C13H9NO4. The van der Waals surface area contributed by atoms with Gasteiger partial charge in [-0.3, -0.25) is 4.98 Å². The highest BCUT2D eigenvalue weighted by atomic mass is 16.4. The fourth-order valence-electron chi connectivity index (χ4n) is 1.62. The maximum atomic E-state index is 10.8. The summed E-state index contributed by atoms with van der Waals surface area (Å²) in [5.74, 6) is -2.94. The molecule has 0 spiro atoms. The van der Waals surface area contributed by atoms with Crippen LogP contribution in [0.25, 0.3) is 17.0 Å². The zero-order valence-electron chi connectivity index (χ0n) is 9.20. The molecule has 1 aromatic carbocycles. The molecule has 0 amide bonds. The van der Waals surface area contributed by atoms with E-state index in [-0.39, 0.29) is 0 Å². The van der Waals surface area contributed by atoms with Crippen LogP contribution in [0.3, 0.4) is 0 Å². The molecule has 2 aromatic rings. The van der Waals surface area contributed by atoms with Crippen molar-refractivity contribution >= 4 is 28.9 Å². The smallest absolute Gasteiger partial charge is 0.343 e. The van der Waals surface area contributed by atoms with E-state index >= 15 is 0 Å². The SMILES string of the molecule is O=C(O)C(=Cc1cccc2ncccc12)C(=O)O. The van der Waals surface area contributed by atoms with Gasteiger partial charge >= 0.3 is 11.9 Å². The second-order valence-electron chi connectivity index (χ2n) is 3.59. The van der Waals surface area contributed by atoms with E-state index in [0.717, 1.165) is 6.08 Å². The predicted octanol–water partition coefficient (Wildman–Crippen LogP) is 1.79. The van der Waals surface area contributed by atoms with Crippen molar-refractivity contribution in [3.8, 4) is 0 Å². The van der Waals surface area contributed by atoms with Crippen LogP contribution in [0.4, 0.5) is 0 Å². The Balaban J connectivity index is 2.64. The summed E-state index contributed by atoms with van der Waals surface area (Å²) in [4.78, 5) is 25.7. The minimum Gasteiger partial charge on any atom is -0.477 e. The first kappa shape index (κ1) is 11.8. The number of hydrogen-bond donors (Lipinski definition) is 2. The Morgan fingerprint density at radius 2 is 1.78 bits per heavy atom. The van der Waals surface area contributed by atoms with E-state index in [0.29, 0.717) is 16.5 Å². The molecule has 0 aliphatic rings. The zero-order chi connectivity index (χ0) is 13.1. The molecule has 0 unspecified atom stereocenters. The lowest BCUT2D eigenvalue weighted by Crippen LogP contribution is -2.10. The Bertz CT molecular complexity index is 640. The lowest BCUT2D eigenvalue weighted by atomic mass is 10.1. The number of carboxylic acids is 2. The van der Waals surface area contributed by atoms with Crippen LogP contribution in [-0.2, 0) is 9.59 Å². The fourth-order valence-corrected chi connectivity index (χ4v) is 1.62. The number of carboxylic acid groups (broad SMARTS) is 2. The summed E-state index contributed by atoms with van der Waals surface area (Å²) in [7, 11) is 0. The molecule has 0 bridgehead atoms. The second kappa shape index (κ2) is 4.67. The molecule has 1 heterocycles. The molecule has 2 rings (SSSR count). The highest BCUT2D eigenvalue weighted by molar-refractivity contribution is 6.17. The summed E-state index contributed by atoms with van der Waals surface area (Å²) >= 11 is 0. The number of fused-ring (bicyclic) bond motifs is 1. The summed E-state index contributed by atoms with van der Waals surface area (Å²) in [6, 6.07) is 8.59. The number of aromatic nitrogens is 1. The normalized spacial score (nSPS) is 10.0. The zero-order valence-corrected chi connectivity index (χ0v) is 9.20. The van der Waals surface area contributed by atoms with Crippen molar-refractivity contribution in [3.63, 3.8) is 0 Å². The molecule has 0 aliphatic carbocycles. The van der Waals surface area contributed by atoms with Crippen molar-refractivity contribution in [2.24, 2.45) is 0 Å². The quantitative estimate of drug-likeness (QED) is 0.487. The van der Waals surface area contributed by atoms with Crippen LogP contribution in [0.2, 0.25) is 0 Å². The summed E-state index contributed by atoms with van der Waals surface area (Å²) in [6.07, 6.45) is 2.75. The first-order valence-electron chi connectivity index (χ1n) is 5.11. The van der Waals surface area contributed by atoms with Gasteiger partial charge in [0.05, 0.1) is 5.52 Å². The number of hydrogen-bond acceptors (Lipinski definition) is 3. The third-order valence-electron chi connectivity index (χ3n) is 2.44. The van der Waals surface area contributed by atoms with E-state index in [2.05, 4.69) is 4.98 Å². The summed E-state index contributed by atoms with van der Waals surface area (Å²) in [5.41, 5.74) is 0.521. The average Bonchev–Trinajstić information content (AvgIpc) is 2.35. The van der Waals surface area contributed by atoms with Crippen molar-refractivity contribution in [2.45, 2.75) is 0 Å². The average molecular weight is 243 g/mol. The van der Waals surface area contributed by atoms with Crippen LogP contribution in [0.5, 0.6) is 0 Å². The fraction of sp³-hybridized carbons (Fsp3) is 0. The predicted molar refractivity (Wildman–Crippen MR) is 65.0 cm³/mol. The van der Waals surface area contributed by atoms with Crippen LogP contribution in [0, 0.1) is 0 Å². The number of rotatable bonds is 3. The molecule has 18 heavy (non-hydrogen) atoms. The Morgan fingerprint density at radius 3 is 2.44 bits per heavy atom. The van der Waals surface area contributed by atoms with Gasteiger partial charge in [0.25, 0.3) is 0 Å². The minimum atomic E-state index is -1.47. The van der Waals surface area contributed by atoms with Crippen LogP contribution < -0.4 is 0 Å². The van der Waals surface area contributed by atoms with Crippen molar-refractivity contribution in [1.82, 2.24) is 4.98 Å². The van der Waals surface area contributed by atoms with E-state index in [1.54, 1.807) is 36.5 Å². The topological polar surface area (TPSA) is 87.5 Å². The van der Waals surface area contributed by atoms with Gasteiger partial charge in [-0.05, 0) is 23.8 Å². The maximum absolute atomic E-state index is 10.8. The Labute approximate surface area is 102 Å². The molecule has 90 valence electrons. The Kier molecular flexibility index (Phi) is 3.05. The minimum absolute atomic E-state index is 0.514. The molecule has 0 radical (unpaired) electrons. The van der Waals surface area contributed by atoms with Gasteiger partial charge in [0.1, 0.15) is 5.57 Å². The lowest BCUT2D eigenvalue weighted by molar-refractivity contribution is -0.139. The number of benzene rings is 1. The molecule has 2 N–H and O–H groups in total. The molecule has 0 atom stereocenters. The third kappa shape index (κ3) is 2.20. The van der Waals surface area contributed by atoms with E-state index in [4.69, 9.17) is 10.2 Å². The standard InChI is InChI=1S/C13H9NO4/c15-12(16)10(13(17)18)7-8-3-1-5-11-9(8)4-2-6-14-11/h1-7H,(H,15,16)(H,17,18). The van der Waals surface area contributed by atoms with Crippen molar-refractivity contribution < 1.29 is 19.8 Å². The van der Waals surface area contributed by atoms with Crippen LogP contribution in [0.15, 0.2) is 42.1 Å². The first-order chi connectivity index (χ1) is 8.59. The molecule has 1 aromatic heterocycles. The molecule has 0 fully saturated rings. The Hall–Kier alpha value is -2.69. The molecule has 5 heteroatoms. The van der Waals surface area contributed by atoms with E-state index < -0.39 is 17.5 Å². The van der Waals surface area contributed by atoms with Gasteiger partial charge in [0.15, 0.2) is 0 Å². The second-order valence-corrected chi connectivity index (χ2v) is 3.59. The molecule has 0 saturated heterocycles. The first-order valence-corrected chi connectivity index (χ1v) is 5.11. The largest absolute Gasteiger partial charge is 0.477 e. The van der Waals surface area contributed by atoms with Gasteiger partial charge in [0.2, 0.25) is 0 Å². The van der Waals surface area contributed by atoms with Crippen molar-refractivity contribution in [1.29, 1.82) is 0 Å². The van der Waals surface area contributed by atoms with Gasteiger partial charge < -0.3 is 10.2 Å². The summed E-state index contributed by atoms with van der Waals surface area (Å²) < 4.78 is 0. The van der Waals surface area contributed by atoms with Crippen LogP contribution in [-0.4, -0.2) is 27.1 Å². The van der Waals surface area contributed by atoms with Crippen LogP contribution in [0.1, 0.15) is 5.56 Å². The highest BCUT2D eigenvalue weighted by Crippen LogP contribution is 2.19. The van der Waals surface area contributed by atoms with Gasteiger partial charge in [-0.15, -0.1) is 0 Å². The van der Waals surface area contributed by atoms with Gasteiger partial charge in [0, 0.05) is 11.6 Å². The summed E-state index contributed by atoms with van der Waals surface area (Å²) in [5, 5.41) is 18.3. The number of carbonyl (C=O) groups is 2. The van der Waals surface area contributed by atoms with Crippen LogP contribution >= 0.6 is 0 Å². The number of pyridine rings is 1. The van der Waals surface area contributed by atoms with E-state index in [9.17, 15) is 9.59 Å². The van der Waals surface area contributed by atoms with Gasteiger partial charge in [-0.1, -0.05) is 18.2 Å². The van der Waals surface area contributed by atoms with E-state index in [1.165, 1.54) is 0 Å².